The first-order valence-electron chi connectivity index (χ1n) is 4.67. The predicted molar refractivity (Wildman–Crippen MR) is 52.4 cm³/mol. The van der Waals surface area contributed by atoms with Crippen molar-refractivity contribution in [1.29, 1.82) is 0 Å². The number of aromatic nitrogens is 3. The highest BCUT2D eigenvalue weighted by Crippen LogP contribution is 2.00. The van der Waals surface area contributed by atoms with Crippen LogP contribution in [0.2, 0.25) is 0 Å². The average molecular weight is 203 g/mol. The summed E-state index contributed by atoms with van der Waals surface area (Å²) in [7, 11) is 0. The van der Waals surface area contributed by atoms with E-state index < -0.39 is 0 Å². The highest BCUT2D eigenvalue weighted by molar-refractivity contribution is 5.75. The third kappa shape index (κ3) is 1.30. The molecule has 0 radical (unpaired) electrons. The summed E-state index contributed by atoms with van der Waals surface area (Å²) in [5.74, 6) is 0. The van der Waals surface area contributed by atoms with Gasteiger partial charge in [0.25, 0.3) is 0 Å². The second-order valence-electron chi connectivity index (χ2n) is 3.19. The largest absolute Gasteiger partial charge is 0.373 e. The maximum Gasteiger partial charge on any atom is 0.132 e. The van der Waals surface area contributed by atoms with Crippen molar-refractivity contribution >= 4 is 10.9 Å². The number of hydrogen-bond acceptors (Lipinski definition) is 4. The van der Waals surface area contributed by atoms with E-state index in [0.717, 1.165) is 34.7 Å². The van der Waals surface area contributed by atoms with Crippen molar-refractivity contribution in [3.05, 3.63) is 29.1 Å². The van der Waals surface area contributed by atoms with Crippen molar-refractivity contribution in [3.63, 3.8) is 0 Å². The molecule has 1 aromatic heterocycles. The molecule has 0 bridgehead atoms. The molecule has 0 atom stereocenters. The normalized spacial score (nSPS) is 13.9. The smallest absolute Gasteiger partial charge is 0.132 e. The Bertz CT molecular complexity index is 646. The minimum absolute atomic E-state index is 0.720. The van der Waals surface area contributed by atoms with Crippen LogP contribution in [0.15, 0.2) is 32.9 Å². The van der Waals surface area contributed by atoms with Crippen molar-refractivity contribution in [1.82, 2.24) is 15.6 Å². The van der Waals surface area contributed by atoms with E-state index in [1.165, 1.54) is 0 Å². The number of fused-ring (bicyclic) bond motifs is 3. The summed E-state index contributed by atoms with van der Waals surface area (Å²) >= 11 is 0. The summed E-state index contributed by atoms with van der Waals surface area (Å²) in [6.07, 6.45) is 1.59. The quantitative estimate of drug-likeness (QED) is 0.624. The van der Waals surface area contributed by atoms with Crippen molar-refractivity contribution in [2.75, 3.05) is 13.1 Å². The van der Waals surface area contributed by atoms with Crippen LogP contribution in [0, 0.1) is 0 Å². The van der Waals surface area contributed by atoms with E-state index in [2.05, 4.69) is 25.6 Å². The second kappa shape index (κ2) is 3.23. The molecule has 6 heteroatoms. The third-order valence-corrected chi connectivity index (χ3v) is 2.28. The predicted octanol–water partition coefficient (Wildman–Crippen LogP) is -0.139. The van der Waals surface area contributed by atoms with Gasteiger partial charge in [-0.25, -0.2) is 0 Å². The molecule has 2 aromatic rings. The van der Waals surface area contributed by atoms with E-state index in [1.54, 1.807) is 6.26 Å². The van der Waals surface area contributed by atoms with E-state index in [1.807, 2.05) is 12.1 Å². The van der Waals surface area contributed by atoms with Crippen LogP contribution in [0.25, 0.3) is 10.9 Å². The van der Waals surface area contributed by atoms with Crippen molar-refractivity contribution < 1.29 is 4.52 Å². The van der Waals surface area contributed by atoms with Crippen LogP contribution in [0.5, 0.6) is 0 Å². The van der Waals surface area contributed by atoms with Crippen LogP contribution in [0.3, 0.4) is 0 Å². The molecule has 1 aromatic carbocycles. The Morgan fingerprint density at radius 3 is 3.13 bits per heavy atom. The Morgan fingerprint density at radius 2 is 2.13 bits per heavy atom. The Kier molecular flexibility index (Phi) is 1.77. The molecule has 15 heavy (non-hydrogen) atoms. The molecule has 0 aliphatic carbocycles. The second-order valence-corrected chi connectivity index (χ2v) is 3.19. The van der Waals surface area contributed by atoms with Crippen LogP contribution in [0.4, 0.5) is 0 Å². The Morgan fingerprint density at radius 1 is 1.20 bits per heavy atom. The lowest BCUT2D eigenvalue weighted by Crippen LogP contribution is -2.30. The number of rotatable bonds is 0. The van der Waals surface area contributed by atoms with E-state index in [9.17, 15) is 0 Å². The van der Waals surface area contributed by atoms with Crippen molar-refractivity contribution in [2.24, 2.45) is 9.98 Å². The van der Waals surface area contributed by atoms with E-state index in [-0.39, 0.29) is 0 Å². The molecule has 0 amide bonds. The lowest BCUT2D eigenvalue weighted by molar-refractivity contribution is 0.362. The van der Waals surface area contributed by atoms with Gasteiger partial charge in [0.2, 0.25) is 0 Å². The summed E-state index contributed by atoms with van der Waals surface area (Å²) in [6.45, 7) is 1.47. The van der Waals surface area contributed by atoms with Gasteiger partial charge in [-0.2, -0.15) is 10.3 Å². The molecule has 76 valence electrons. The number of benzene rings is 1. The molecule has 3 rings (SSSR count). The van der Waals surface area contributed by atoms with Crippen LogP contribution < -0.4 is 10.7 Å². The fraction of sp³-hybridized carbons (Fsp3) is 0.222. The molecule has 0 saturated heterocycles. The fourth-order valence-electron chi connectivity index (χ4n) is 1.62. The first-order valence-corrected chi connectivity index (χ1v) is 4.67. The number of hydrogen-bond donors (Lipinski definition) is 2. The van der Waals surface area contributed by atoms with Gasteiger partial charge in [0.1, 0.15) is 6.26 Å². The molecule has 6 nitrogen and oxygen atoms in total. The minimum atomic E-state index is 0.720. The van der Waals surface area contributed by atoms with E-state index in [4.69, 9.17) is 4.52 Å². The average Bonchev–Trinajstić information content (AvgIpc) is 2.54. The molecule has 0 saturated carbocycles. The zero-order valence-corrected chi connectivity index (χ0v) is 7.90. The standard InChI is InChI=1S/C9H9N5O/c1-2-8-9(11-4-3-10-8)6-5-15-14-13-12-7(1)6/h1-2,5,13-14H,3-4H2. The molecule has 1 aliphatic heterocycles. The van der Waals surface area contributed by atoms with Crippen LogP contribution in [-0.4, -0.2) is 28.7 Å². The number of nitrogens with zero attached hydrogens (tertiary/aromatic N) is 3. The van der Waals surface area contributed by atoms with E-state index in [0.29, 0.717) is 0 Å². The molecule has 2 heterocycles. The summed E-state index contributed by atoms with van der Waals surface area (Å²) in [5, 5.41) is 11.7. The number of nitrogens with one attached hydrogen (secondary N) is 2. The summed E-state index contributed by atoms with van der Waals surface area (Å²) in [5.41, 5.74) is 0.791. The molecular weight excluding hydrogens is 194 g/mol. The molecular formula is C9H9N5O. The molecule has 0 fully saturated rings. The van der Waals surface area contributed by atoms with Gasteiger partial charge in [-0.05, 0) is 12.1 Å². The van der Waals surface area contributed by atoms with Gasteiger partial charge in [0, 0.05) is 0 Å². The number of aromatic amines is 2. The van der Waals surface area contributed by atoms with Gasteiger partial charge in [0.05, 0.1) is 34.7 Å². The monoisotopic (exact) mass is 203 g/mol. The van der Waals surface area contributed by atoms with Gasteiger partial charge < -0.3 is 4.52 Å². The van der Waals surface area contributed by atoms with Crippen LogP contribution in [-0.2, 0) is 0 Å². The van der Waals surface area contributed by atoms with Crippen LogP contribution >= 0.6 is 0 Å². The van der Waals surface area contributed by atoms with Gasteiger partial charge in [0.15, 0.2) is 0 Å². The fourth-order valence-corrected chi connectivity index (χ4v) is 1.62. The maximum atomic E-state index is 5.01. The minimum Gasteiger partial charge on any atom is -0.373 e. The Balaban J connectivity index is 2.60. The number of H-pyrrole nitrogens is 2. The van der Waals surface area contributed by atoms with Gasteiger partial charge in [-0.3, -0.25) is 9.98 Å². The lowest BCUT2D eigenvalue weighted by Gasteiger charge is -1.99. The van der Waals surface area contributed by atoms with Gasteiger partial charge in [-0.15, -0.1) is 5.27 Å². The Hall–Kier alpha value is -2.11. The van der Waals surface area contributed by atoms with E-state index >= 15 is 0 Å². The zero-order valence-electron chi connectivity index (χ0n) is 7.90. The lowest BCUT2D eigenvalue weighted by atomic mass is 10.2. The molecule has 2 N–H and O–H groups in total. The first-order chi connectivity index (χ1) is 7.45. The summed E-state index contributed by atoms with van der Waals surface area (Å²) in [6, 6.07) is 3.81. The van der Waals surface area contributed by atoms with Gasteiger partial charge in [-0.1, -0.05) is 0 Å². The maximum absolute atomic E-state index is 5.01. The third-order valence-electron chi connectivity index (χ3n) is 2.28. The van der Waals surface area contributed by atoms with Crippen molar-refractivity contribution in [2.45, 2.75) is 0 Å². The molecule has 1 aliphatic rings. The van der Waals surface area contributed by atoms with Gasteiger partial charge >= 0.3 is 0 Å². The summed E-state index contributed by atoms with van der Waals surface area (Å²) < 4.78 is 5.01. The first kappa shape index (κ1) is 8.22. The molecule has 0 spiro atoms. The summed E-state index contributed by atoms with van der Waals surface area (Å²) in [4.78, 5) is 8.81. The SMILES string of the molecule is c1cc2n[nH][nH]occ2c2c1=NCCN=2. The highest BCUT2D eigenvalue weighted by atomic mass is 16.5. The highest BCUT2D eigenvalue weighted by Gasteiger charge is 2.02. The topological polar surface area (TPSA) is 82.3 Å². The Labute approximate surface area is 84.0 Å². The zero-order chi connectivity index (χ0) is 10.1. The molecule has 0 unspecified atom stereocenters. The van der Waals surface area contributed by atoms with Crippen molar-refractivity contribution in [3.8, 4) is 0 Å². The van der Waals surface area contributed by atoms with Crippen LogP contribution in [0.1, 0.15) is 0 Å².